The summed E-state index contributed by atoms with van der Waals surface area (Å²) in [6, 6.07) is 9.07. The number of nitrogens with one attached hydrogen (secondary N) is 2. The van der Waals surface area contributed by atoms with Gasteiger partial charge in [0.05, 0.1) is 4.90 Å². The van der Waals surface area contributed by atoms with Crippen LogP contribution in [0.3, 0.4) is 0 Å². The van der Waals surface area contributed by atoms with Crippen molar-refractivity contribution in [3.63, 3.8) is 0 Å². The number of sulfonamides is 1. The maximum absolute atomic E-state index is 11.3. The minimum atomic E-state index is -3.65. The summed E-state index contributed by atoms with van der Waals surface area (Å²) in [6.45, 7) is 2.61. The number of hydrogen-bond acceptors (Lipinski definition) is 6. The topological polar surface area (TPSA) is 110 Å². The average molecular weight is 375 g/mol. The molecule has 1 heterocycles. The van der Waals surface area contributed by atoms with Crippen LogP contribution in [0.1, 0.15) is 36.9 Å². The molecule has 0 saturated heterocycles. The van der Waals surface area contributed by atoms with Crippen molar-refractivity contribution in [1.29, 1.82) is 0 Å². The molecule has 3 rings (SSSR count). The van der Waals surface area contributed by atoms with Crippen molar-refractivity contribution in [2.24, 2.45) is 5.14 Å². The number of hydrogen-bond donors (Lipinski definition) is 3. The predicted octanol–water partition coefficient (Wildman–Crippen LogP) is 2.44. The summed E-state index contributed by atoms with van der Waals surface area (Å²) < 4.78 is 22.5. The Hall–Kier alpha value is -2.19. The second kappa shape index (κ2) is 8.01. The van der Waals surface area contributed by atoms with E-state index in [1.165, 1.54) is 37.8 Å². The van der Waals surface area contributed by atoms with E-state index < -0.39 is 10.0 Å². The van der Waals surface area contributed by atoms with Gasteiger partial charge in [-0.25, -0.2) is 18.5 Å². The Bertz CT molecular complexity index is 846. The first-order valence-electron chi connectivity index (χ1n) is 8.88. The van der Waals surface area contributed by atoms with Gasteiger partial charge in [-0.3, -0.25) is 0 Å². The largest absolute Gasteiger partial charge is 0.367 e. The van der Waals surface area contributed by atoms with Gasteiger partial charge in [-0.15, -0.1) is 0 Å². The number of aromatic nitrogens is 2. The summed E-state index contributed by atoms with van der Waals surface area (Å²) in [6.07, 6.45) is 5.67. The highest BCUT2D eigenvalue weighted by Crippen LogP contribution is 2.22. The monoisotopic (exact) mass is 375 g/mol. The van der Waals surface area contributed by atoms with Gasteiger partial charge in [-0.1, -0.05) is 25.0 Å². The molecule has 0 aliphatic heterocycles. The van der Waals surface area contributed by atoms with Crippen LogP contribution in [-0.4, -0.2) is 31.0 Å². The number of primary sulfonamides is 1. The summed E-state index contributed by atoms with van der Waals surface area (Å²) >= 11 is 0. The zero-order valence-electron chi connectivity index (χ0n) is 14.9. The summed E-state index contributed by atoms with van der Waals surface area (Å²) in [5, 5.41) is 11.8. The molecule has 1 aromatic heterocycles. The van der Waals surface area contributed by atoms with E-state index in [2.05, 4.69) is 20.6 Å². The lowest BCUT2D eigenvalue weighted by Crippen LogP contribution is -2.17. The number of rotatable bonds is 7. The molecule has 1 saturated carbocycles. The van der Waals surface area contributed by atoms with E-state index in [4.69, 9.17) is 5.14 Å². The maximum atomic E-state index is 11.3. The number of benzene rings is 1. The van der Waals surface area contributed by atoms with Crippen molar-refractivity contribution in [2.75, 3.05) is 17.2 Å². The molecule has 0 spiro atoms. The Balaban J connectivity index is 1.56. The first kappa shape index (κ1) is 18.6. The lowest BCUT2D eigenvalue weighted by molar-refractivity contribution is 0.598. The minimum absolute atomic E-state index is 0.124. The number of nitrogens with zero attached hydrogens (tertiary/aromatic N) is 2. The Morgan fingerprint density at radius 1 is 1.15 bits per heavy atom. The molecule has 1 aliphatic carbocycles. The molecule has 0 radical (unpaired) electrons. The SMILES string of the molecule is Cc1cc(NC2CCCC2)nc(NCCc2ccc(S(N)(=O)=O)cc2)n1. The number of nitrogens with two attached hydrogens (primary N) is 1. The van der Waals surface area contributed by atoms with Crippen molar-refractivity contribution in [2.45, 2.75) is 50.0 Å². The van der Waals surface area contributed by atoms with E-state index >= 15 is 0 Å². The fourth-order valence-corrected chi connectivity index (χ4v) is 3.68. The van der Waals surface area contributed by atoms with E-state index in [9.17, 15) is 8.42 Å². The van der Waals surface area contributed by atoms with Gasteiger partial charge in [0.25, 0.3) is 0 Å². The van der Waals surface area contributed by atoms with E-state index in [0.29, 0.717) is 18.5 Å². The second-order valence-corrected chi connectivity index (χ2v) is 8.27. The van der Waals surface area contributed by atoms with Gasteiger partial charge in [0.2, 0.25) is 16.0 Å². The smallest absolute Gasteiger partial charge is 0.238 e. The molecule has 140 valence electrons. The molecule has 7 nitrogen and oxygen atoms in total. The highest BCUT2D eigenvalue weighted by atomic mass is 32.2. The lowest BCUT2D eigenvalue weighted by Gasteiger charge is -2.14. The van der Waals surface area contributed by atoms with Crippen LogP contribution in [0.15, 0.2) is 35.2 Å². The van der Waals surface area contributed by atoms with Crippen LogP contribution in [-0.2, 0) is 16.4 Å². The Labute approximate surface area is 154 Å². The molecular formula is C18H25N5O2S. The zero-order chi connectivity index (χ0) is 18.6. The fraction of sp³-hybridized carbons (Fsp3) is 0.444. The Morgan fingerprint density at radius 2 is 1.85 bits per heavy atom. The molecule has 0 atom stereocenters. The molecule has 0 unspecified atom stereocenters. The van der Waals surface area contributed by atoms with Crippen LogP contribution >= 0.6 is 0 Å². The fourth-order valence-electron chi connectivity index (χ4n) is 3.17. The van der Waals surface area contributed by atoms with E-state index in [1.807, 2.05) is 13.0 Å². The standard InChI is InChI=1S/C18H25N5O2S/c1-13-12-17(22-15-4-2-3-5-15)23-18(21-13)20-11-10-14-6-8-16(9-7-14)26(19,24)25/h6-9,12,15H,2-5,10-11H2,1H3,(H2,19,24,25)(H2,20,21,22,23). The summed E-state index contributed by atoms with van der Waals surface area (Å²) in [5.41, 5.74) is 1.93. The molecule has 26 heavy (non-hydrogen) atoms. The molecule has 1 fully saturated rings. The highest BCUT2D eigenvalue weighted by Gasteiger charge is 2.15. The van der Waals surface area contributed by atoms with E-state index in [-0.39, 0.29) is 4.90 Å². The number of aryl methyl sites for hydroxylation is 1. The summed E-state index contributed by atoms with van der Waals surface area (Å²) in [4.78, 5) is 9.10. The summed E-state index contributed by atoms with van der Waals surface area (Å²) in [5.74, 6) is 1.47. The molecule has 1 aliphatic rings. The van der Waals surface area contributed by atoms with Gasteiger partial charge in [0.15, 0.2) is 0 Å². The molecule has 2 aromatic rings. The van der Waals surface area contributed by atoms with Crippen LogP contribution in [0.2, 0.25) is 0 Å². The third kappa shape index (κ3) is 5.15. The molecule has 1 aromatic carbocycles. The third-order valence-corrected chi connectivity index (χ3v) is 5.44. The predicted molar refractivity (Wildman–Crippen MR) is 103 cm³/mol. The van der Waals surface area contributed by atoms with Crippen molar-refractivity contribution in [3.05, 3.63) is 41.6 Å². The normalized spacial score (nSPS) is 15.2. The van der Waals surface area contributed by atoms with Gasteiger partial charge < -0.3 is 10.6 Å². The van der Waals surface area contributed by atoms with Crippen LogP contribution in [0.25, 0.3) is 0 Å². The van der Waals surface area contributed by atoms with Gasteiger partial charge in [0, 0.05) is 24.3 Å². The maximum Gasteiger partial charge on any atom is 0.238 e. The lowest BCUT2D eigenvalue weighted by atomic mass is 10.1. The zero-order valence-corrected chi connectivity index (χ0v) is 15.7. The van der Waals surface area contributed by atoms with E-state index in [0.717, 1.165) is 23.5 Å². The quantitative estimate of drug-likeness (QED) is 0.686. The van der Waals surface area contributed by atoms with Crippen molar-refractivity contribution >= 4 is 21.8 Å². The molecule has 4 N–H and O–H groups in total. The number of anilines is 2. The van der Waals surface area contributed by atoms with Crippen molar-refractivity contribution in [1.82, 2.24) is 9.97 Å². The van der Waals surface area contributed by atoms with Crippen LogP contribution in [0.5, 0.6) is 0 Å². The van der Waals surface area contributed by atoms with E-state index in [1.54, 1.807) is 12.1 Å². The van der Waals surface area contributed by atoms with Crippen molar-refractivity contribution < 1.29 is 8.42 Å². The van der Waals surface area contributed by atoms with Gasteiger partial charge in [0.1, 0.15) is 5.82 Å². The van der Waals surface area contributed by atoms with Gasteiger partial charge in [-0.05, 0) is 43.9 Å². The van der Waals surface area contributed by atoms with Gasteiger partial charge >= 0.3 is 0 Å². The van der Waals surface area contributed by atoms with Crippen molar-refractivity contribution in [3.8, 4) is 0 Å². The highest BCUT2D eigenvalue weighted by molar-refractivity contribution is 7.89. The second-order valence-electron chi connectivity index (χ2n) is 6.71. The molecular weight excluding hydrogens is 350 g/mol. The van der Waals surface area contributed by atoms with Crippen LogP contribution in [0, 0.1) is 6.92 Å². The van der Waals surface area contributed by atoms with Gasteiger partial charge in [-0.2, -0.15) is 4.98 Å². The van der Waals surface area contributed by atoms with Crippen LogP contribution in [0.4, 0.5) is 11.8 Å². The molecule has 8 heteroatoms. The minimum Gasteiger partial charge on any atom is -0.367 e. The average Bonchev–Trinajstić information content (AvgIpc) is 3.07. The summed E-state index contributed by atoms with van der Waals surface area (Å²) in [7, 11) is -3.65. The first-order valence-corrected chi connectivity index (χ1v) is 10.4. The third-order valence-electron chi connectivity index (χ3n) is 4.51. The first-order chi connectivity index (χ1) is 12.4. The molecule has 0 bridgehead atoms. The van der Waals surface area contributed by atoms with Crippen LogP contribution < -0.4 is 15.8 Å². The Morgan fingerprint density at radius 3 is 2.50 bits per heavy atom. The molecule has 0 amide bonds. The Kier molecular flexibility index (Phi) is 5.73.